The zero-order chi connectivity index (χ0) is 16.0. The molecule has 1 aromatic rings. The number of esters is 1. The first-order chi connectivity index (χ1) is 9.72. The minimum absolute atomic E-state index is 0.280. The average molecular weight is 301 g/mol. The van der Waals surface area contributed by atoms with Crippen LogP contribution in [0.3, 0.4) is 0 Å². The van der Waals surface area contributed by atoms with Crippen LogP contribution in [0.2, 0.25) is 0 Å². The van der Waals surface area contributed by atoms with Crippen LogP contribution in [-0.2, 0) is 15.7 Å². The van der Waals surface area contributed by atoms with Crippen molar-refractivity contribution in [3.05, 3.63) is 41.6 Å². The third-order valence-electron chi connectivity index (χ3n) is 2.64. The lowest BCUT2D eigenvalue weighted by molar-refractivity contribution is -0.137. The number of carbonyl (C=O) groups excluding carboxylic acids is 1. The van der Waals surface area contributed by atoms with Crippen molar-refractivity contribution >= 4 is 11.7 Å². The Hall–Kier alpha value is -1.98. The number of benzene rings is 1. The van der Waals surface area contributed by atoms with Gasteiger partial charge in [-0.15, -0.1) is 0 Å². The molecule has 3 nitrogen and oxygen atoms in total. The van der Waals surface area contributed by atoms with E-state index >= 15 is 0 Å². The second-order valence-electron chi connectivity index (χ2n) is 4.99. The predicted molar refractivity (Wildman–Crippen MR) is 74.6 cm³/mol. The zero-order valence-electron chi connectivity index (χ0n) is 12.1. The fourth-order valence-corrected chi connectivity index (χ4v) is 1.71. The molecule has 1 aromatic carbocycles. The van der Waals surface area contributed by atoms with Crippen molar-refractivity contribution in [2.75, 3.05) is 12.4 Å². The van der Waals surface area contributed by atoms with Crippen LogP contribution in [0.1, 0.15) is 25.8 Å². The number of anilines is 1. The van der Waals surface area contributed by atoms with E-state index < -0.39 is 17.7 Å². The Morgan fingerprint density at radius 1 is 1.29 bits per heavy atom. The van der Waals surface area contributed by atoms with E-state index in [1.807, 2.05) is 13.8 Å². The molecule has 0 aliphatic heterocycles. The van der Waals surface area contributed by atoms with Gasteiger partial charge in [-0.05, 0) is 36.6 Å². The number of hydrogen-bond acceptors (Lipinski definition) is 3. The van der Waals surface area contributed by atoms with Crippen molar-refractivity contribution in [2.24, 2.45) is 5.92 Å². The van der Waals surface area contributed by atoms with Crippen molar-refractivity contribution in [2.45, 2.75) is 26.4 Å². The summed E-state index contributed by atoms with van der Waals surface area (Å²) >= 11 is 0. The maximum Gasteiger partial charge on any atom is 0.416 e. The van der Waals surface area contributed by atoms with Gasteiger partial charge >= 0.3 is 12.1 Å². The van der Waals surface area contributed by atoms with Crippen LogP contribution in [0, 0.1) is 5.92 Å². The molecule has 21 heavy (non-hydrogen) atoms. The number of carbonyl (C=O) groups is 1. The highest BCUT2D eigenvalue weighted by Gasteiger charge is 2.29. The molecule has 0 fully saturated rings. The number of ether oxygens (including phenoxy) is 1. The summed E-state index contributed by atoms with van der Waals surface area (Å²) < 4.78 is 42.0. The molecular formula is C15H18F3NO2. The van der Waals surface area contributed by atoms with Gasteiger partial charge in [-0.3, -0.25) is 0 Å². The number of halogens is 3. The number of methoxy groups -OCH3 is 1. The van der Waals surface area contributed by atoms with Gasteiger partial charge in [0, 0.05) is 17.5 Å². The van der Waals surface area contributed by atoms with Crippen LogP contribution in [0.5, 0.6) is 0 Å². The van der Waals surface area contributed by atoms with E-state index in [4.69, 9.17) is 0 Å². The summed E-state index contributed by atoms with van der Waals surface area (Å²) in [5.74, 6) is -0.229. The monoisotopic (exact) mass is 301 g/mol. The van der Waals surface area contributed by atoms with Crippen molar-refractivity contribution in [3.8, 4) is 0 Å². The number of nitrogens with one attached hydrogen (secondary N) is 1. The predicted octanol–water partition coefficient (Wildman–Crippen LogP) is 4.22. The largest absolute Gasteiger partial charge is 0.466 e. The Morgan fingerprint density at radius 3 is 2.29 bits per heavy atom. The molecule has 0 aromatic heterocycles. The quantitative estimate of drug-likeness (QED) is 0.653. The molecule has 0 amide bonds. The van der Waals surface area contributed by atoms with Gasteiger partial charge in [-0.25, -0.2) is 4.79 Å². The second-order valence-corrected chi connectivity index (χ2v) is 4.99. The topological polar surface area (TPSA) is 38.3 Å². The Labute approximate surface area is 121 Å². The van der Waals surface area contributed by atoms with Crippen LogP contribution >= 0.6 is 0 Å². The maximum absolute atomic E-state index is 12.5. The lowest BCUT2D eigenvalue weighted by Crippen LogP contribution is -2.08. The fourth-order valence-electron chi connectivity index (χ4n) is 1.71. The lowest BCUT2D eigenvalue weighted by atomic mass is 10.1. The zero-order valence-corrected chi connectivity index (χ0v) is 12.1. The molecule has 0 heterocycles. The van der Waals surface area contributed by atoms with Crippen LogP contribution in [0.25, 0.3) is 0 Å². The van der Waals surface area contributed by atoms with Gasteiger partial charge in [-0.2, -0.15) is 13.2 Å². The molecule has 0 spiro atoms. The van der Waals surface area contributed by atoms with Gasteiger partial charge < -0.3 is 10.1 Å². The van der Waals surface area contributed by atoms with Crippen molar-refractivity contribution in [1.82, 2.24) is 0 Å². The smallest absolute Gasteiger partial charge is 0.416 e. The van der Waals surface area contributed by atoms with E-state index in [0.29, 0.717) is 17.8 Å². The normalized spacial score (nSPS) is 12.4. The highest BCUT2D eigenvalue weighted by atomic mass is 19.4. The van der Waals surface area contributed by atoms with Crippen molar-refractivity contribution < 1.29 is 22.7 Å². The third-order valence-corrected chi connectivity index (χ3v) is 2.64. The number of alkyl halides is 3. The van der Waals surface area contributed by atoms with Gasteiger partial charge in [0.2, 0.25) is 0 Å². The maximum atomic E-state index is 12.5. The Morgan fingerprint density at radius 2 is 1.86 bits per heavy atom. The van der Waals surface area contributed by atoms with Crippen molar-refractivity contribution in [3.63, 3.8) is 0 Å². The molecule has 116 valence electrons. The molecule has 0 bridgehead atoms. The second kappa shape index (κ2) is 7.15. The molecule has 1 rings (SSSR count). The summed E-state index contributed by atoms with van der Waals surface area (Å²) in [4.78, 5) is 11.3. The number of hydrogen-bond donors (Lipinski definition) is 1. The van der Waals surface area contributed by atoms with E-state index in [9.17, 15) is 18.0 Å². The van der Waals surface area contributed by atoms with Gasteiger partial charge in [0.05, 0.1) is 12.7 Å². The van der Waals surface area contributed by atoms with E-state index in [1.54, 1.807) is 0 Å². The van der Waals surface area contributed by atoms with E-state index in [2.05, 4.69) is 10.1 Å². The summed E-state index contributed by atoms with van der Waals surface area (Å²) in [7, 11) is 1.27. The molecule has 6 heteroatoms. The minimum Gasteiger partial charge on any atom is -0.466 e. The molecule has 0 aliphatic carbocycles. The fraction of sp³-hybridized carbons (Fsp3) is 0.400. The van der Waals surface area contributed by atoms with E-state index in [1.165, 1.54) is 25.3 Å². The van der Waals surface area contributed by atoms with Crippen LogP contribution in [-0.4, -0.2) is 13.1 Å². The van der Waals surface area contributed by atoms with Crippen LogP contribution in [0.15, 0.2) is 36.0 Å². The summed E-state index contributed by atoms with van der Waals surface area (Å²) in [5, 5.41) is 2.95. The lowest BCUT2D eigenvalue weighted by Gasteiger charge is -2.14. The highest BCUT2D eigenvalue weighted by Crippen LogP contribution is 2.30. The molecule has 0 saturated heterocycles. The van der Waals surface area contributed by atoms with Crippen LogP contribution < -0.4 is 5.32 Å². The molecule has 0 saturated carbocycles. The standard InChI is InChI=1S/C15H18F3NO2/c1-10(2)8-13(9-14(20)21-3)19-12-6-4-11(5-7-12)15(16,17)18/h4-7,9-10,19H,8H2,1-3H3/b13-9+. The van der Waals surface area contributed by atoms with Gasteiger partial charge in [0.15, 0.2) is 0 Å². The van der Waals surface area contributed by atoms with Gasteiger partial charge in [-0.1, -0.05) is 13.8 Å². The SMILES string of the molecule is COC(=O)/C=C(\CC(C)C)Nc1ccc(C(F)(F)F)cc1. The molecule has 0 atom stereocenters. The number of allylic oxidation sites excluding steroid dienone is 1. The molecular weight excluding hydrogens is 283 g/mol. The van der Waals surface area contributed by atoms with Crippen LogP contribution in [0.4, 0.5) is 18.9 Å². The Kier molecular flexibility index (Phi) is 5.81. The van der Waals surface area contributed by atoms with Gasteiger partial charge in [0.25, 0.3) is 0 Å². The molecule has 0 aliphatic rings. The Bertz CT molecular complexity index is 505. The van der Waals surface area contributed by atoms with Crippen molar-refractivity contribution in [1.29, 1.82) is 0 Å². The first-order valence-electron chi connectivity index (χ1n) is 6.45. The average Bonchev–Trinajstić information content (AvgIpc) is 2.37. The summed E-state index contributed by atoms with van der Waals surface area (Å²) in [6, 6.07) is 4.64. The van der Waals surface area contributed by atoms with E-state index in [0.717, 1.165) is 12.1 Å². The van der Waals surface area contributed by atoms with Gasteiger partial charge in [0.1, 0.15) is 0 Å². The molecule has 0 unspecified atom stereocenters. The minimum atomic E-state index is -4.36. The first kappa shape index (κ1) is 17.1. The highest BCUT2D eigenvalue weighted by molar-refractivity contribution is 5.83. The third kappa shape index (κ3) is 5.89. The first-order valence-corrected chi connectivity index (χ1v) is 6.45. The summed E-state index contributed by atoms with van der Waals surface area (Å²) in [6.07, 6.45) is -2.48. The number of rotatable bonds is 5. The summed E-state index contributed by atoms with van der Waals surface area (Å²) in [5.41, 5.74) is 0.366. The Balaban J connectivity index is 2.88. The van der Waals surface area contributed by atoms with E-state index in [-0.39, 0.29) is 5.92 Å². The molecule has 1 N–H and O–H groups in total. The summed E-state index contributed by atoms with van der Waals surface area (Å²) in [6.45, 7) is 3.94. The molecule has 0 radical (unpaired) electrons.